The monoisotopic (exact) mass is 651 g/mol. The molecule has 0 unspecified atom stereocenters. The zero-order valence-electron chi connectivity index (χ0n) is 29.4. The molecule has 0 saturated carbocycles. The topological polar surface area (TPSA) is 51.6 Å². The van der Waals surface area contributed by atoms with Crippen LogP contribution in [-0.2, 0) is 17.1 Å². The Morgan fingerprint density at radius 2 is 0.444 bits per heavy atom. The van der Waals surface area contributed by atoms with Crippen molar-refractivity contribution in [1.29, 1.82) is 0 Å². The fourth-order valence-corrected chi connectivity index (χ4v) is 5.58. The van der Waals surface area contributed by atoms with Crippen molar-refractivity contribution in [3.05, 3.63) is 120 Å². The standard InChI is InChI=1S/4C10H15N.Mn/c4*1-3-9(4-2)10-5-7-11-8-6-10;/h4*5-9H,3-4H2,1-2H3;/q;;;;+3. The Morgan fingerprint density at radius 1 is 0.311 bits per heavy atom. The summed E-state index contributed by atoms with van der Waals surface area (Å²) in [6.45, 7) is 17.8. The summed E-state index contributed by atoms with van der Waals surface area (Å²) >= 11 is 0. The van der Waals surface area contributed by atoms with E-state index in [1.165, 1.54) is 73.6 Å². The van der Waals surface area contributed by atoms with Crippen LogP contribution in [0.15, 0.2) is 98.1 Å². The van der Waals surface area contributed by atoms with Crippen molar-refractivity contribution >= 4 is 0 Å². The van der Waals surface area contributed by atoms with E-state index in [0.717, 1.165) is 23.7 Å². The minimum atomic E-state index is 0. The number of nitrogens with zero attached hydrogens (tertiary/aromatic N) is 4. The van der Waals surface area contributed by atoms with Gasteiger partial charge in [-0.15, -0.1) is 0 Å². The molecule has 0 aromatic carbocycles. The largest absolute Gasteiger partial charge is 3.00 e. The molecule has 0 aliphatic carbocycles. The number of pyridine rings is 4. The van der Waals surface area contributed by atoms with Crippen LogP contribution < -0.4 is 0 Å². The van der Waals surface area contributed by atoms with Gasteiger partial charge in [0.1, 0.15) is 0 Å². The van der Waals surface area contributed by atoms with Gasteiger partial charge in [-0.1, -0.05) is 55.4 Å². The minimum Gasteiger partial charge on any atom is -0.265 e. The Hall–Kier alpha value is -2.88. The van der Waals surface area contributed by atoms with E-state index in [2.05, 4.69) is 124 Å². The first-order valence-corrected chi connectivity index (χ1v) is 17.1. The van der Waals surface area contributed by atoms with Gasteiger partial charge in [0.25, 0.3) is 0 Å². The van der Waals surface area contributed by atoms with Gasteiger partial charge >= 0.3 is 17.1 Å². The van der Waals surface area contributed by atoms with Gasteiger partial charge < -0.3 is 0 Å². The molecular weight excluding hydrogens is 591 g/mol. The van der Waals surface area contributed by atoms with Crippen LogP contribution in [0.5, 0.6) is 0 Å². The first kappa shape index (κ1) is 42.1. The second-order valence-corrected chi connectivity index (χ2v) is 11.2. The predicted octanol–water partition coefficient (Wildman–Crippen LogP) is 11.9. The van der Waals surface area contributed by atoms with E-state index in [4.69, 9.17) is 0 Å². The molecule has 45 heavy (non-hydrogen) atoms. The molecule has 0 aliphatic rings. The summed E-state index contributed by atoms with van der Waals surface area (Å²) in [5, 5.41) is 0. The fraction of sp³-hybridized carbons (Fsp3) is 0.500. The van der Waals surface area contributed by atoms with Crippen molar-refractivity contribution in [2.75, 3.05) is 0 Å². The third kappa shape index (κ3) is 16.8. The van der Waals surface area contributed by atoms with E-state index in [0.29, 0.717) is 0 Å². The van der Waals surface area contributed by atoms with E-state index >= 15 is 0 Å². The van der Waals surface area contributed by atoms with Gasteiger partial charge in [0.2, 0.25) is 0 Å². The SMILES string of the molecule is CCC(CC)c1ccncc1.CCC(CC)c1ccncc1.CCC(CC)c1ccncc1.CCC(CC)c1ccncc1.[Mn+3]. The second-order valence-electron chi connectivity index (χ2n) is 11.2. The zero-order valence-corrected chi connectivity index (χ0v) is 30.6. The first-order chi connectivity index (χ1) is 21.5. The number of hydrogen-bond donors (Lipinski definition) is 0. The maximum absolute atomic E-state index is 4.00. The summed E-state index contributed by atoms with van der Waals surface area (Å²) in [7, 11) is 0. The summed E-state index contributed by atoms with van der Waals surface area (Å²) in [5.41, 5.74) is 5.69. The average Bonchev–Trinajstić information content (AvgIpc) is 3.10. The van der Waals surface area contributed by atoms with Crippen LogP contribution in [0.2, 0.25) is 0 Å². The Bertz CT molecular complexity index is 954. The van der Waals surface area contributed by atoms with E-state index < -0.39 is 0 Å². The zero-order chi connectivity index (χ0) is 32.4. The number of aromatic nitrogens is 4. The Morgan fingerprint density at radius 3 is 0.556 bits per heavy atom. The van der Waals surface area contributed by atoms with Crippen LogP contribution in [0.3, 0.4) is 0 Å². The second kappa shape index (κ2) is 27.4. The average molecular weight is 652 g/mol. The first-order valence-electron chi connectivity index (χ1n) is 17.1. The Balaban J connectivity index is 0.000000569. The molecule has 0 radical (unpaired) electrons. The van der Waals surface area contributed by atoms with E-state index in [9.17, 15) is 0 Å². The van der Waals surface area contributed by atoms with Crippen molar-refractivity contribution in [2.24, 2.45) is 0 Å². The third-order valence-corrected chi connectivity index (χ3v) is 8.65. The van der Waals surface area contributed by atoms with Crippen LogP contribution in [0.4, 0.5) is 0 Å². The maximum Gasteiger partial charge on any atom is 3.00 e. The summed E-state index contributed by atoms with van der Waals surface area (Å²) in [6.07, 6.45) is 24.7. The van der Waals surface area contributed by atoms with Gasteiger partial charge in [0.05, 0.1) is 0 Å². The van der Waals surface area contributed by atoms with Crippen LogP contribution >= 0.6 is 0 Å². The quantitative estimate of drug-likeness (QED) is 0.143. The number of hydrogen-bond acceptors (Lipinski definition) is 4. The van der Waals surface area contributed by atoms with Gasteiger partial charge in [0.15, 0.2) is 0 Å². The molecule has 4 rings (SSSR count). The van der Waals surface area contributed by atoms with Crippen LogP contribution in [0.25, 0.3) is 0 Å². The molecule has 0 atom stereocenters. The molecule has 4 heterocycles. The van der Waals surface area contributed by atoms with E-state index in [-0.39, 0.29) is 17.1 Å². The summed E-state index contributed by atoms with van der Waals surface area (Å²) in [6, 6.07) is 16.9. The normalized spacial score (nSPS) is 10.2. The molecule has 0 spiro atoms. The molecule has 4 aromatic rings. The molecular formula is C40H60MnN4+3. The molecule has 4 nitrogen and oxygen atoms in total. The molecule has 0 saturated heterocycles. The molecule has 0 fully saturated rings. The van der Waals surface area contributed by atoms with Gasteiger partial charge in [-0.2, -0.15) is 0 Å². The molecule has 0 N–H and O–H groups in total. The Kier molecular flexibility index (Phi) is 25.7. The third-order valence-electron chi connectivity index (χ3n) is 8.65. The van der Waals surface area contributed by atoms with Crippen molar-refractivity contribution in [1.82, 2.24) is 19.9 Å². The van der Waals surface area contributed by atoms with Crippen molar-refractivity contribution < 1.29 is 17.1 Å². The summed E-state index contributed by atoms with van der Waals surface area (Å²) in [4.78, 5) is 16.0. The molecule has 5 heteroatoms. The van der Waals surface area contributed by atoms with Crippen LogP contribution in [0.1, 0.15) is 153 Å². The fourth-order valence-electron chi connectivity index (χ4n) is 5.58. The van der Waals surface area contributed by atoms with Crippen molar-refractivity contribution in [2.45, 2.75) is 130 Å². The van der Waals surface area contributed by atoms with Gasteiger partial charge in [0, 0.05) is 49.6 Å². The van der Waals surface area contributed by atoms with E-state index in [1.54, 1.807) is 0 Å². The molecule has 0 aliphatic heterocycles. The maximum atomic E-state index is 4.00. The summed E-state index contributed by atoms with van der Waals surface area (Å²) < 4.78 is 0. The van der Waals surface area contributed by atoms with Crippen molar-refractivity contribution in [3.8, 4) is 0 Å². The smallest absolute Gasteiger partial charge is 0.265 e. The Labute approximate surface area is 286 Å². The molecule has 0 amide bonds. The van der Waals surface area contributed by atoms with Gasteiger partial charge in [-0.25, -0.2) is 0 Å². The van der Waals surface area contributed by atoms with Crippen molar-refractivity contribution in [3.63, 3.8) is 0 Å². The van der Waals surface area contributed by atoms with Gasteiger partial charge in [-0.3, -0.25) is 19.9 Å². The van der Waals surface area contributed by atoms with Crippen LogP contribution in [0, 0.1) is 0 Å². The molecule has 0 bridgehead atoms. The van der Waals surface area contributed by atoms with Crippen LogP contribution in [-0.4, -0.2) is 19.9 Å². The molecule has 4 aromatic heterocycles. The molecule has 244 valence electrons. The predicted molar refractivity (Wildman–Crippen MR) is 190 cm³/mol. The summed E-state index contributed by atoms with van der Waals surface area (Å²) in [5.74, 6) is 2.88. The minimum absolute atomic E-state index is 0. The number of rotatable bonds is 12. The van der Waals surface area contributed by atoms with Gasteiger partial charge in [-0.05, 0) is 146 Å². The van der Waals surface area contributed by atoms with E-state index in [1.807, 2.05) is 49.6 Å².